The highest BCUT2D eigenvalue weighted by atomic mass is 19.1. The second-order valence-electron chi connectivity index (χ2n) is 7.77. The lowest BCUT2D eigenvalue weighted by molar-refractivity contribution is 0.0916. The molecule has 0 aliphatic carbocycles. The topological polar surface area (TPSA) is 45.5 Å². The molecule has 0 spiro atoms. The van der Waals surface area contributed by atoms with Gasteiger partial charge in [-0.2, -0.15) is 0 Å². The molecule has 3 aromatic rings. The molecule has 4 nitrogen and oxygen atoms in total. The summed E-state index contributed by atoms with van der Waals surface area (Å²) in [6.45, 7) is 6.04. The summed E-state index contributed by atoms with van der Waals surface area (Å²) in [5, 5.41) is 2.83. The molecule has 0 fully saturated rings. The number of hydrogen-bond acceptors (Lipinski definition) is 3. The number of hydrogen-bond donors (Lipinski definition) is 1. The third-order valence-corrected chi connectivity index (χ3v) is 4.55. The van der Waals surface area contributed by atoms with Crippen molar-refractivity contribution in [1.82, 2.24) is 10.2 Å². The lowest BCUT2D eigenvalue weighted by Gasteiger charge is -2.21. The molecule has 0 radical (unpaired) electrons. The van der Waals surface area contributed by atoms with Gasteiger partial charge in [0.1, 0.15) is 17.4 Å². The summed E-state index contributed by atoms with van der Waals surface area (Å²) in [5.41, 5.74) is 1.74. The molecule has 1 amide bonds. The number of benzene rings is 2. The zero-order valence-corrected chi connectivity index (χ0v) is 17.2. The van der Waals surface area contributed by atoms with Crippen LogP contribution in [0.4, 0.5) is 8.78 Å². The maximum Gasteiger partial charge on any atom is 0.287 e. The van der Waals surface area contributed by atoms with Crippen molar-refractivity contribution >= 4 is 5.91 Å². The van der Waals surface area contributed by atoms with E-state index in [9.17, 15) is 13.6 Å². The quantitative estimate of drug-likeness (QED) is 0.529. The predicted octanol–water partition coefficient (Wildman–Crippen LogP) is 5.15. The lowest BCUT2D eigenvalue weighted by Crippen LogP contribution is -2.27. The monoisotopic (exact) mass is 412 g/mol. The minimum absolute atomic E-state index is 0.245. The number of nitrogens with zero attached hydrogens (tertiary/aromatic N) is 1. The fourth-order valence-corrected chi connectivity index (χ4v) is 3.10. The normalized spacial score (nSPS) is 11.3. The van der Waals surface area contributed by atoms with E-state index in [0.29, 0.717) is 37.9 Å². The van der Waals surface area contributed by atoms with Gasteiger partial charge in [0, 0.05) is 19.6 Å². The van der Waals surface area contributed by atoms with Crippen LogP contribution in [0.1, 0.15) is 41.3 Å². The van der Waals surface area contributed by atoms with Gasteiger partial charge >= 0.3 is 0 Å². The van der Waals surface area contributed by atoms with Gasteiger partial charge in [-0.15, -0.1) is 0 Å². The third kappa shape index (κ3) is 6.52. The van der Waals surface area contributed by atoms with Gasteiger partial charge in [0.25, 0.3) is 5.91 Å². The first-order valence-corrected chi connectivity index (χ1v) is 9.97. The Labute approximate surface area is 175 Å². The van der Waals surface area contributed by atoms with Crippen LogP contribution in [-0.2, 0) is 19.6 Å². The molecule has 0 unspecified atom stereocenters. The van der Waals surface area contributed by atoms with Crippen molar-refractivity contribution in [2.45, 2.75) is 33.5 Å². The number of furan rings is 1. The van der Waals surface area contributed by atoms with Gasteiger partial charge in [-0.05, 0) is 53.4 Å². The molecule has 1 heterocycles. The molecular weight excluding hydrogens is 386 g/mol. The largest absolute Gasteiger partial charge is 0.455 e. The molecule has 6 heteroatoms. The molecule has 30 heavy (non-hydrogen) atoms. The van der Waals surface area contributed by atoms with Crippen LogP contribution in [0, 0.1) is 17.6 Å². The Hall–Kier alpha value is -2.99. The van der Waals surface area contributed by atoms with Crippen molar-refractivity contribution in [3.8, 4) is 0 Å². The van der Waals surface area contributed by atoms with E-state index in [4.69, 9.17) is 4.42 Å². The molecule has 0 aliphatic rings. The first-order chi connectivity index (χ1) is 14.4. The van der Waals surface area contributed by atoms with E-state index in [1.54, 1.807) is 30.3 Å². The molecule has 1 N–H and O–H groups in total. The van der Waals surface area contributed by atoms with Crippen molar-refractivity contribution in [3.05, 3.63) is 94.9 Å². The second kappa shape index (κ2) is 10.2. The van der Waals surface area contributed by atoms with E-state index >= 15 is 0 Å². The van der Waals surface area contributed by atoms with Crippen molar-refractivity contribution < 1.29 is 18.0 Å². The standard InChI is InChI=1S/C24H26F2N2O2/c1-17(2)13-27-24(29)23-11-10-22(30-23)16-28(14-18-6-8-20(25)9-7-18)15-19-4-3-5-21(26)12-19/h3-12,17H,13-16H2,1-2H3,(H,27,29). The maximum atomic E-state index is 13.6. The van der Waals surface area contributed by atoms with E-state index in [1.165, 1.54) is 24.3 Å². The number of nitrogens with one attached hydrogen (secondary N) is 1. The minimum atomic E-state index is -0.295. The number of halogens is 2. The zero-order chi connectivity index (χ0) is 21.5. The molecule has 0 atom stereocenters. The van der Waals surface area contributed by atoms with Gasteiger partial charge in [-0.25, -0.2) is 8.78 Å². The van der Waals surface area contributed by atoms with Crippen LogP contribution in [0.2, 0.25) is 0 Å². The Morgan fingerprint density at radius 1 is 0.933 bits per heavy atom. The van der Waals surface area contributed by atoms with E-state index < -0.39 is 0 Å². The Balaban J connectivity index is 1.73. The molecule has 3 rings (SSSR count). The first kappa shape index (κ1) is 21.7. The van der Waals surface area contributed by atoms with Gasteiger partial charge in [0.15, 0.2) is 5.76 Å². The average molecular weight is 412 g/mol. The lowest BCUT2D eigenvalue weighted by atomic mass is 10.1. The Morgan fingerprint density at radius 3 is 2.37 bits per heavy atom. The summed E-state index contributed by atoms with van der Waals surface area (Å²) in [5.74, 6) is 0.405. The van der Waals surface area contributed by atoms with Gasteiger partial charge in [-0.1, -0.05) is 38.1 Å². The highest BCUT2D eigenvalue weighted by Gasteiger charge is 2.15. The SMILES string of the molecule is CC(C)CNC(=O)c1ccc(CN(Cc2ccc(F)cc2)Cc2cccc(F)c2)o1. The number of carbonyl (C=O) groups excluding carboxylic acids is 1. The molecule has 0 aliphatic heterocycles. The predicted molar refractivity (Wildman–Crippen MR) is 112 cm³/mol. The molecule has 2 aromatic carbocycles. The number of carbonyl (C=O) groups is 1. The van der Waals surface area contributed by atoms with E-state index in [-0.39, 0.29) is 23.3 Å². The van der Waals surface area contributed by atoms with Crippen molar-refractivity contribution in [1.29, 1.82) is 0 Å². The van der Waals surface area contributed by atoms with Crippen LogP contribution in [0.3, 0.4) is 0 Å². The van der Waals surface area contributed by atoms with E-state index in [1.807, 2.05) is 19.9 Å². The summed E-state index contributed by atoms with van der Waals surface area (Å²) in [6, 6.07) is 16.1. The summed E-state index contributed by atoms with van der Waals surface area (Å²) >= 11 is 0. The Bertz CT molecular complexity index is 967. The van der Waals surface area contributed by atoms with Crippen LogP contribution >= 0.6 is 0 Å². The number of amides is 1. The van der Waals surface area contributed by atoms with Gasteiger partial charge in [0.2, 0.25) is 0 Å². The Morgan fingerprint density at radius 2 is 1.67 bits per heavy atom. The molecule has 0 saturated carbocycles. The first-order valence-electron chi connectivity index (χ1n) is 9.97. The second-order valence-corrected chi connectivity index (χ2v) is 7.77. The Kier molecular flexibility index (Phi) is 7.36. The molecular formula is C24H26F2N2O2. The van der Waals surface area contributed by atoms with Crippen LogP contribution in [0.5, 0.6) is 0 Å². The average Bonchev–Trinajstić information content (AvgIpc) is 3.16. The minimum Gasteiger partial charge on any atom is -0.455 e. The smallest absolute Gasteiger partial charge is 0.287 e. The zero-order valence-electron chi connectivity index (χ0n) is 17.2. The van der Waals surface area contributed by atoms with Crippen LogP contribution in [0.15, 0.2) is 65.1 Å². The summed E-state index contributed by atoms with van der Waals surface area (Å²) in [4.78, 5) is 14.3. The van der Waals surface area contributed by atoms with Crippen LogP contribution in [0.25, 0.3) is 0 Å². The van der Waals surface area contributed by atoms with Gasteiger partial charge in [-0.3, -0.25) is 9.69 Å². The molecule has 0 bridgehead atoms. The molecule has 1 aromatic heterocycles. The van der Waals surface area contributed by atoms with E-state index in [0.717, 1.165) is 11.1 Å². The highest BCUT2D eigenvalue weighted by molar-refractivity contribution is 5.91. The summed E-state index contributed by atoms with van der Waals surface area (Å²) < 4.78 is 32.6. The fourth-order valence-electron chi connectivity index (χ4n) is 3.10. The van der Waals surface area contributed by atoms with Crippen LogP contribution in [-0.4, -0.2) is 17.4 Å². The summed E-state index contributed by atoms with van der Waals surface area (Å²) in [6.07, 6.45) is 0. The van der Waals surface area contributed by atoms with Crippen LogP contribution < -0.4 is 5.32 Å². The van der Waals surface area contributed by atoms with Gasteiger partial charge < -0.3 is 9.73 Å². The van der Waals surface area contributed by atoms with Crippen molar-refractivity contribution in [2.24, 2.45) is 5.92 Å². The summed E-state index contributed by atoms with van der Waals surface area (Å²) in [7, 11) is 0. The molecule has 158 valence electrons. The fraction of sp³-hybridized carbons (Fsp3) is 0.292. The highest BCUT2D eigenvalue weighted by Crippen LogP contribution is 2.17. The number of rotatable bonds is 9. The third-order valence-electron chi connectivity index (χ3n) is 4.55. The van der Waals surface area contributed by atoms with E-state index in [2.05, 4.69) is 10.2 Å². The van der Waals surface area contributed by atoms with Gasteiger partial charge in [0.05, 0.1) is 6.54 Å². The van der Waals surface area contributed by atoms with Crippen molar-refractivity contribution in [3.63, 3.8) is 0 Å². The molecule has 0 saturated heterocycles. The maximum absolute atomic E-state index is 13.6. The van der Waals surface area contributed by atoms with Crippen molar-refractivity contribution in [2.75, 3.05) is 6.54 Å².